The molecule has 0 aromatic rings. The highest BCUT2D eigenvalue weighted by atomic mass is 16.5. The molecule has 0 rings (SSSR count). The lowest BCUT2D eigenvalue weighted by Gasteiger charge is -2.14. The Labute approximate surface area is 113 Å². The Hall–Kier alpha value is -1.34. The quantitative estimate of drug-likeness (QED) is 0.480. The molecule has 0 saturated carbocycles. The summed E-state index contributed by atoms with van der Waals surface area (Å²) >= 11 is 0. The van der Waals surface area contributed by atoms with Gasteiger partial charge in [-0.2, -0.15) is 0 Å². The summed E-state index contributed by atoms with van der Waals surface area (Å²) in [5, 5.41) is 13.9. The first-order valence-electron chi connectivity index (χ1n) is 6.45. The maximum Gasteiger partial charge on any atom is 0.326 e. The van der Waals surface area contributed by atoms with Gasteiger partial charge in [-0.1, -0.05) is 19.8 Å². The first-order valence-corrected chi connectivity index (χ1v) is 6.45. The molecule has 0 fully saturated rings. The Morgan fingerprint density at radius 3 is 2.58 bits per heavy atom. The minimum atomic E-state index is -1.01. The number of methoxy groups -OCH3 is 1. The van der Waals surface area contributed by atoms with Gasteiger partial charge in [0.25, 0.3) is 0 Å². The number of carbonyl (C=O) groups excluding carboxylic acids is 1. The third kappa shape index (κ3) is 10.3. The Morgan fingerprint density at radius 1 is 1.26 bits per heavy atom. The summed E-state index contributed by atoms with van der Waals surface area (Å²) in [6, 6.07) is -1.33. The van der Waals surface area contributed by atoms with Gasteiger partial charge in [-0.15, -0.1) is 0 Å². The molecule has 0 aliphatic rings. The van der Waals surface area contributed by atoms with E-state index in [4.69, 9.17) is 14.6 Å². The zero-order valence-electron chi connectivity index (χ0n) is 11.6. The van der Waals surface area contributed by atoms with Crippen molar-refractivity contribution in [3.63, 3.8) is 0 Å². The van der Waals surface area contributed by atoms with Crippen molar-refractivity contribution < 1.29 is 24.2 Å². The van der Waals surface area contributed by atoms with Gasteiger partial charge in [0, 0.05) is 13.7 Å². The van der Waals surface area contributed by atoms with Gasteiger partial charge in [0.15, 0.2) is 0 Å². The molecule has 7 heteroatoms. The van der Waals surface area contributed by atoms with Gasteiger partial charge < -0.3 is 25.2 Å². The molecular weight excluding hydrogens is 252 g/mol. The molecule has 0 aliphatic heterocycles. The summed E-state index contributed by atoms with van der Waals surface area (Å²) in [6.45, 7) is 3.63. The Bertz CT molecular complexity index is 261. The third-order valence-electron chi connectivity index (χ3n) is 2.41. The number of carboxylic acid groups (broad SMARTS) is 1. The van der Waals surface area contributed by atoms with Crippen molar-refractivity contribution in [2.24, 2.45) is 0 Å². The third-order valence-corrected chi connectivity index (χ3v) is 2.41. The van der Waals surface area contributed by atoms with Crippen LogP contribution < -0.4 is 10.6 Å². The lowest BCUT2D eigenvalue weighted by Crippen LogP contribution is -2.46. The summed E-state index contributed by atoms with van der Waals surface area (Å²) in [5.74, 6) is -1.01. The second kappa shape index (κ2) is 11.7. The molecule has 0 aliphatic carbocycles. The van der Waals surface area contributed by atoms with E-state index in [-0.39, 0.29) is 0 Å². The van der Waals surface area contributed by atoms with Gasteiger partial charge in [0.2, 0.25) is 0 Å². The van der Waals surface area contributed by atoms with Crippen molar-refractivity contribution in [1.82, 2.24) is 10.6 Å². The second-order valence-corrected chi connectivity index (χ2v) is 4.04. The minimum absolute atomic E-state index is 0.329. The van der Waals surface area contributed by atoms with Crippen LogP contribution in [0.25, 0.3) is 0 Å². The summed E-state index contributed by atoms with van der Waals surface area (Å²) in [6.07, 6.45) is 2.08. The van der Waals surface area contributed by atoms with Gasteiger partial charge in [0.1, 0.15) is 6.04 Å². The zero-order chi connectivity index (χ0) is 14.5. The molecule has 0 aromatic carbocycles. The van der Waals surface area contributed by atoms with Crippen LogP contribution in [-0.2, 0) is 14.3 Å². The fraction of sp³-hybridized carbons (Fsp3) is 0.833. The maximum atomic E-state index is 11.4. The molecule has 1 atom stereocenters. The van der Waals surface area contributed by atoms with Crippen molar-refractivity contribution in [3.05, 3.63) is 0 Å². The molecule has 3 N–H and O–H groups in total. The van der Waals surface area contributed by atoms with Gasteiger partial charge in [-0.05, 0) is 6.42 Å². The smallest absolute Gasteiger partial charge is 0.326 e. The predicted molar refractivity (Wildman–Crippen MR) is 70.2 cm³/mol. The number of rotatable bonds is 11. The van der Waals surface area contributed by atoms with Crippen molar-refractivity contribution in [2.45, 2.75) is 32.2 Å². The second-order valence-electron chi connectivity index (χ2n) is 4.04. The average molecular weight is 276 g/mol. The lowest BCUT2D eigenvalue weighted by molar-refractivity contribution is -0.139. The first kappa shape index (κ1) is 17.7. The summed E-state index contributed by atoms with van der Waals surface area (Å²) in [7, 11) is 1.58. The van der Waals surface area contributed by atoms with E-state index >= 15 is 0 Å². The van der Waals surface area contributed by atoms with E-state index in [1.807, 2.05) is 6.92 Å². The molecule has 0 saturated heterocycles. The highest BCUT2D eigenvalue weighted by molar-refractivity contribution is 5.82. The Balaban J connectivity index is 3.71. The molecule has 0 spiro atoms. The number of aliphatic carboxylic acids is 1. The summed E-state index contributed by atoms with van der Waals surface area (Å²) in [5.41, 5.74) is 0. The van der Waals surface area contributed by atoms with E-state index in [1.165, 1.54) is 0 Å². The van der Waals surface area contributed by atoms with Gasteiger partial charge in [0.05, 0.1) is 19.8 Å². The number of carbonyl (C=O) groups is 2. The molecule has 0 unspecified atom stereocenters. The van der Waals surface area contributed by atoms with Crippen LogP contribution in [0.3, 0.4) is 0 Å². The number of hydrogen-bond acceptors (Lipinski definition) is 4. The highest BCUT2D eigenvalue weighted by Gasteiger charge is 2.18. The summed E-state index contributed by atoms with van der Waals surface area (Å²) < 4.78 is 9.95. The molecular formula is C12H24N2O5. The fourth-order valence-corrected chi connectivity index (χ4v) is 1.36. The Kier molecular flexibility index (Phi) is 10.9. The van der Waals surface area contributed by atoms with Crippen LogP contribution in [0.5, 0.6) is 0 Å². The number of carboxylic acids is 1. The predicted octanol–water partition coefficient (Wildman–Crippen LogP) is 0.592. The average Bonchev–Trinajstić information content (AvgIpc) is 2.38. The van der Waals surface area contributed by atoms with Gasteiger partial charge in [-0.3, -0.25) is 0 Å². The molecule has 112 valence electrons. The lowest BCUT2D eigenvalue weighted by atomic mass is 10.1. The molecule has 0 heterocycles. The van der Waals surface area contributed by atoms with Crippen LogP contribution in [0, 0.1) is 0 Å². The standard InChI is InChI=1S/C12H24N2O5/c1-3-4-5-10(11(15)16)14-12(17)13-6-7-19-9-8-18-2/h10H,3-9H2,1-2H3,(H,15,16)(H2,13,14,17)/t10-/m0/s1. The molecule has 0 aromatic heterocycles. The number of amides is 2. The van der Waals surface area contributed by atoms with E-state index in [2.05, 4.69) is 10.6 Å². The topological polar surface area (TPSA) is 96.9 Å². The fourth-order valence-electron chi connectivity index (χ4n) is 1.36. The number of hydrogen-bond donors (Lipinski definition) is 3. The van der Waals surface area contributed by atoms with E-state index in [0.29, 0.717) is 32.8 Å². The number of unbranched alkanes of at least 4 members (excludes halogenated alkanes) is 1. The minimum Gasteiger partial charge on any atom is -0.480 e. The van der Waals surface area contributed by atoms with Crippen LogP contribution in [0.4, 0.5) is 4.79 Å². The monoisotopic (exact) mass is 276 g/mol. The molecule has 19 heavy (non-hydrogen) atoms. The molecule has 7 nitrogen and oxygen atoms in total. The summed E-state index contributed by atoms with van der Waals surface area (Å²) in [4.78, 5) is 22.4. The Morgan fingerprint density at radius 2 is 2.00 bits per heavy atom. The van der Waals surface area contributed by atoms with Crippen LogP contribution in [0.15, 0.2) is 0 Å². The SMILES string of the molecule is CCCC[C@H](NC(=O)NCCOCCOC)C(=O)O. The maximum absolute atomic E-state index is 11.4. The van der Waals surface area contributed by atoms with Gasteiger partial charge in [-0.25, -0.2) is 9.59 Å². The normalized spacial score (nSPS) is 11.9. The number of urea groups is 1. The van der Waals surface area contributed by atoms with Crippen molar-refractivity contribution in [3.8, 4) is 0 Å². The van der Waals surface area contributed by atoms with E-state index in [1.54, 1.807) is 7.11 Å². The highest BCUT2D eigenvalue weighted by Crippen LogP contribution is 2.00. The van der Waals surface area contributed by atoms with Crippen molar-refractivity contribution in [1.29, 1.82) is 0 Å². The van der Waals surface area contributed by atoms with Crippen LogP contribution >= 0.6 is 0 Å². The van der Waals surface area contributed by atoms with Gasteiger partial charge >= 0.3 is 12.0 Å². The van der Waals surface area contributed by atoms with E-state index < -0.39 is 18.0 Å². The number of ether oxygens (including phenoxy) is 2. The molecule has 0 radical (unpaired) electrons. The largest absolute Gasteiger partial charge is 0.480 e. The molecule has 0 bridgehead atoms. The van der Waals surface area contributed by atoms with E-state index in [0.717, 1.165) is 12.8 Å². The van der Waals surface area contributed by atoms with Crippen molar-refractivity contribution in [2.75, 3.05) is 33.5 Å². The van der Waals surface area contributed by atoms with Crippen molar-refractivity contribution >= 4 is 12.0 Å². The zero-order valence-corrected chi connectivity index (χ0v) is 11.6. The van der Waals surface area contributed by atoms with E-state index in [9.17, 15) is 9.59 Å². The first-order chi connectivity index (χ1) is 9.11. The molecule has 2 amide bonds. The van der Waals surface area contributed by atoms with Crippen LogP contribution in [-0.4, -0.2) is 56.6 Å². The van der Waals surface area contributed by atoms with Crippen LogP contribution in [0.2, 0.25) is 0 Å². The van der Waals surface area contributed by atoms with Crippen LogP contribution in [0.1, 0.15) is 26.2 Å². The number of nitrogens with one attached hydrogen (secondary N) is 2.